The molecule has 2 atom stereocenters. The molecule has 1 aliphatic rings. The maximum Gasteiger partial charge on any atom is 0.302 e. The lowest BCUT2D eigenvalue weighted by Gasteiger charge is -2.43. The summed E-state index contributed by atoms with van der Waals surface area (Å²) in [4.78, 5) is 11.3. The van der Waals surface area contributed by atoms with Gasteiger partial charge < -0.3 is 9.16 Å². The van der Waals surface area contributed by atoms with Gasteiger partial charge >= 0.3 is 5.97 Å². The molecule has 0 bridgehead atoms. The average Bonchev–Trinajstić information content (AvgIpc) is 3.09. The molecule has 0 radical (unpaired) electrons. The lowest BCUT2D eigenvalue weighted by Crippen LogP contribution is -2.66. The van der Waals surface area contributed by atoms with Crippen LogP contribution in [0.1, 0.15) is 47.0 Å². The van der Waals surface area contributed by atoms with Gasteiger partial charge in [-0.1, -0.05) is 81.4 Å². The second kappa shape index (κ2) is 8.62. The van der Waals surface area contributed by atoms with Crippen molar-refractivity contribution in [1.82, 2.24) is 0 Å². The normalized spacial score (nSPS) is 20.1. The van der Waals surface area contributed by atoms with Crippen LogP contribution in [0.15, 0.2) is 60.7 Å². The molecule has 0 unspecified atom stereocenters. The minimum absolute atomic E-state index is 0.0103. The van der Waals surface area contributed by atoms with Crippen molar-refractivity contribution in [3.63, 3.8) is 0 Å². The van der Waals surface area contributed by atoms with Gasteiger partial charge in [-0.05, 0) is 40.6 Å². The first kappa shape index (κ1) is 20.8. The Bertz CT molecular complexity index is 728. The minimum Gasteiger partial charge on any atom is -0.463 e. The topological polar surface area (TPSA) is 35.5 Å². The summed E-state index contributed by atoms with van der Waals surface area (Å²) in [6, 6.07) is 21.5. The molecule has 3 rings (SSSR count). The molecule has 28 heavy (non-hydrogen) atoms. The van der Waals surface area contributed by atoms with E-state index in [-0.39, 0.29) is 17.1 Å². The number of hydrogen-bond acceptors (Lipinski definition) is 3. The second-order valence-electron chi connectivity index (χ2n) is 8.88. The predicted molar refractivity (Wildman–Crippen MR) is 116 cm³/mol. The van der Waals surface area contributed by atoms with E-state index in [9.17, 15) is 4.79 Å². The summed E-state index contributed by atoms with van der Waals surface area (Å²) in [6.07, 6.45) is 2.94. The molecule has 0 heterocycles. The molecule has 0 aromatic heterocycles. The Hall–Kier alpha value is -1.91. The van der Waals surface area contributed by atoms with E-state index in [0.29, 0.717) is 12.5 Å². The molecule has 2 aromatic carbocycles. The number of carbonyl (C=O) groups is 1. The van der Waals surface area contributed by atoms with Crippen LogP contribution in [0.4, 0.5) is 0 Å². The van der Waals surface area contributed by atoms with Crippen molar-refractivity contribution in [3.05, 3.63) is 60.7 Å². The Balaban J connectivity index is 1.90. The highest BCUT2D eigenvalue weighted by atomic mass is 28.4. The van der Waals surface area contributed by atoms with E-state index in [1.54, 1.807) is 0 Å². The number of carbonyl (C=O) groups excluding carboxylic acids is 1. The monoisotopic (exact) mass is 396 g/mol. The summed E-state index contributed by atoms with van der Waals surface area (Å²) in [7, 11) is -2.48. The molecular weight excluding hydrogens is 364 g/mol. The number of hydrogen-bond donors (Lipinski definition) is 0. The van der Waals surface area contributed by atoms with Gasteiger partial charge in [-0.2, -0.15) is 0 Å². The van der Waals surface area contributed by atoms with Crippen molar-refractivity contribution < 1.29 is 14.0 Å². The van der Waals surface area contributed by atoms with Gasteiger partial charge in [0.1, 0.15) is 6.10 Å². The fourth-order valence-electron chi connectivity index (χ4n) is 4.53. The fraction of sp³-hybridized carbons (Fsp3) is 0.458. The molecule has 1 saturated carbocycles. The Morgan fingerprint density at radius 1 is 0.964 bits per heavy atom. The van der Waals surface area contributed by atoms with Crippen LogP contribution >= 0.6 is 0 Å². The molecule has 1 aliphatic carbocycles. The van der Waals surface area contributed by atoms with Crippen molar-refractivity contribution >= 4 is 24.7 Å². The number of rotatable bonds is 6. The number of esters is 1. The van der Waals surface area contributed by atoms with Crippen LogP contribution in [-0.4, -0.2) is 27.0 Å². The summed E-state index contributed by atoms with van der Waals surface area (Å²) in [5, 5.41) is 2.61. The third-order valence-electron chi connectivity index (χ3n) is 5.78. The maximum atomic E-state index is 11.3. The molecule has 2 aromatic rings. The Kier molecular flexibility index (Phi) is 6.41. The highest BCUT2D eigenvalue weighted by molar-refractivity contribution is 6.99. The van der Waals surface area contributed by atoms with Gasteiger partial charge in [-0.25, -0.2) is 0 Å². The van der Waals surface area contributed by atoms with Crippen LogP contribution in [0.2, 0.25) is 5.04 Å². The highest BCUT2D eigenvalue weighted by Crippen LogP contribution is 2.38. The summed E-state index contributed by atoms with van der Waals surface area (Å²) < 4.78 is 12.4. The van der Waals surface area contributed by atoms with E-state index in [4.69, 9.17) is 9.16 Å². The SMILES string of the molecule is CC(=O)O[C@@H]1CC[C@@H](CO[Si](c2ccccc2)(c2ccccc2)C(C)(C)C)C1. The molecule has 0 N–H and O–H groups in total. The second-order valence-corrected chi connectivity index (χ2v) is 13.2. The van der Waals surface area contributed by atoms with Crippen LogP contribution in [0, 0.1) is 5.92 Å². The number of ether oxygens (including phenoxy) is 1. The Morgan fingerprint density at radius 2 is 1.50 bits per heavy atom. The fourth-order valence-corrected chi connectivity index (χ4v) is 9.17. The smallest absolute Gasteiger partial charge is 0.302 e. The molecule has 4 heteroatoms. The van der Waals surface area contributed by atoms with Crippen LogP contribution in [0.5, 0.6) is 0 Å². The number of benzene rings is 2. The molecule has 150 valence electrons. The van der Waals surface area contributed by atoms with E-state index in [1.165, 1.54) is 17.3 Å². The third kappa shape index (κ3) is 4.39. The first-order valence-corrected chi connectivity index (χ1v) is 12.2. The van der Waals surface area contributed by atoms with Crippen LogP contribution in [-0.2, 0) is 14.0 Å². The van der Waals surface area contributed by atoms with Crippen molar-refractivity contribution in [2.45, 2.75) is 58.1 Å². The zero-order chi connectivity index (χ0) is 20.2. The lowest BCUT2D eigenvalue weighted by molar-refractivity contribution is -0.146. The largest absolute Gasteiger partial charge is 0.463 e. The summed E-state index contributed by atoms with van der Waals surface area (Å²) in [6.45, 7) is 9.11. The third-order valence-corrected chi connectivity index (χ3v) is 10.8. The lowest BCUT2D eigenvalue weighted by atomic mass is 10.1. The van der Waals surface area contributed by atoms with Crippen molar-refractivity contribution in [2.75, 3.05) is 6.61 Å². The molecule has 1 fully saturated rings. The maximum absolute atomic E-state index is 11.3. The Morgan fingerprint density at radius 3 is 1.96 bits per heavy atom. The van der Waals surface area contributed by atoms with Crippen molar-refractivity contribution in [3.8, 4) is 0 Å². The van der Waals surface area contributed by atoms with Crippen molar-refractivity contribution in [1.29, 1.82) is 0 Å². The zero-order valence-corrected chi connectivity index (χ0v) is 18.5. The van der Waals surface area contributed by atoms with Gasteiger partial charge in [0.05, 0.1) is 0 Å². The van der Waals surface area contributed by atoms with E-state index in [0.717, 1.165) is 19.3 Å². The van der Waals surface area contributed by atoms with Gasteiger partial charge in [0.25, 0.3) is 8.32 Å². The minimum atomic E-state index is -2.48. The van der Waals surface area contributed by atoms with Crippen LogP contribution < -0.4 is 10.4 Å². The van der Waals surface area contributed by atoms with Gasteiger partial charge in [-0.15, -0.1) is 0 Å². The Labute approximate surface area is 170 Å². The van der Waals surface area contributed by atoms with Gasteiger partial charge in [0.2, 0.25) is 0 Å². The summed E-state index contributed by atoms with van der Waals surface area (Å²) in [5.41, 5.74) is 0. The zero-order valence-electron chi connectivity index (χ0n) is 17.5. The first-order chi connectivity index (χ1) is 13.3. The van der Waals surface area contributed by atoms with E-state index >= 15 is 0 Å². The van der Waals surface area contributed by atoms with E-state index in [1.807, 2.05) is 0 Å². The van der Waals surface area contributed by atoms with Gasteiger partial charge in [0, 0.05) is 13.5 Å². The van der Waals surface area contributed by atoms with E-state index in [2.05, 4.69) is 81.4 Å². The van der Waals surface area contributed by atoms with E-state index < -0.39 is 8.32 Å². The highest BCUT2D eigenvalue weighted by Gasteiger charge is 2.50. The molecule has 0 saturated heterocycles. The molecule has 0 amide bonds. The van der Waals surface area contributed by atoms with Crippen molar-refractivity contribution in [2.24, 2.45) is 5.92 Å². The predicted octanol–water partition coefficient (Wildman–Crippen LogP) is 4.29. The molecule has 0 spiro atoms. The van der Waals surface area contributed by atoms with Gasteiger partial charge in [-0.3, -0.25) is 4.79 Å². The average molecular weight is 397 g/mol. The molecule has 0 aliphatic heterocycles. The first-order valence-electron chi connectivity index (χ1n) is 10.2. The van der Waals surface area contributed by atoms with Gasteiger partial charge in [0.15, 0.2) is 0 Å². The van der Waals surface area contributed by atoms with Crippen LogP contribution in [0.3, 0.4) is 0 Å². The summed E-state index contributed by atoms with van der Waals surface area (Å²) in [5.74, 6) is 0.254. The standard InChI is InChI=1S/C24H32O3Si/c1-19(25)27-21-16-15-20(17-21)18-26-28(24(2,3)4,22-11-7-5-8-12-22)23-13-9-6-10-14-23/h5-14,20-21H,15-18H2,1-4H3/t20-,21-/m1/s1. The molecular formula is C24H32O3Si. The van der Waals surface area contributed by atoms with Crippen LogP contribution in [0.25, 0.3) is 0 Å². The summed E-state index contributed by atoms with van der Waals surface area (Å²) >= 11 is 0. The molecule has 3 nitrogen and oxygen atoms in total. The quantitative estimate of drug-likeness (QED) is 0.540.